The highest BCUT2D eigenvalue weighted by Gasteiger charge is 2.10. The zero-order valence-corrected chi connectivity index (χ0v) is 12.8. The minimum absolute atomic E-state index is 0.0715. The van der Waals surface area contributed by atoms with Crippen molar-refractivity contribution in [1.82, 2.24) is 0 Å². The summed E-state index contributed by atoms with van der Waals surface area (Å²) < 4.78 is 36.6. The van der Waals surface area contributed by atoms with E-state index in [2.05, 4.69) is 10.1 Å². The van der Waals surface area contributed by atoms with Gasteiger partial charge in [0.15, 0.2) is 0 Å². The van der Waals surface area contributed by atoms with Gasteiger partial charge in [-0.15, -0.1) is 0 Å². The molecule has 0 amide bonds. The number of aromatic hydroxyl groups is 1. The maximum absolute atomic E-state index is 11.5. The van der Waals surface area contributed by atoms with Crippen molar-refractivity contribution in [3.05, 3.63) is 48.0 Å². The van der Waals surface area contributed by atoms with Crippen molar-refractivity contribution in [2.75, 3.05) is 17.1 Å². The Morgan fingerprint density at radius 1 is 1.09 bits per heavy atom. The van der Waals surface area contributed by atoms with Crippen LogP contribution in [0.1, 0.15) is 10.4 Å². The number of carbonyl (C=O) groups is 1. The summed E-state index contributed by atoms with van der Waals surface area (Å²) in [5.74, 6) is -0.612. The largest absolute Gasteiger partial charge is 0.506 e. The summed E-state index contributed by atoms with van der Waals surface area (Å²) in [6.45, 7) is 0. The summed E-state index contributed by atoms with van der Waals surface area (Å²) in [6, 6.07) is 10.1. The molecule has 0 bridgehead atoms. The van der Waals surface area contributed by atoms with Gasteiger partial charge in [-0.3, -0.25) is 9.27 Å². The summed E-state index contributed by atoms with van der Waals surface area (Å²) in [5.41, 5.74) is 1.25. The highest BCUT2D eigenvalue weighted by Crippen LogP contribution is 2.28. The Hall–Kier alpha value is -2.78. The third-order valence-electron chi connectivity index (χ3n) is 2.83. The number of hydrogen-bond acceptors (Lipinski definition) is 6. The second-order valence-electron chi connectivity index (χ2n) is 4.50. The van der Waals surface area contributed by atoms with Gasteiger partial charge in [-0.05, 0) is 42.5 Å². The van der Waals surface area contributed by atoms with Gasteiger partial charge in [-0.1, -0.05) is 0 Å². The fourth-order valence-corrected chi connectivity index (χ4v) is 2.24. The minimum Gasteiger partial charge on any atom is -0.506 e. The molecule has 2 aromatic carbocycles. The summed E-state index contributed by atoms with van der Waals surface area (Å²) in [4.78, 5) is 11.5. The van der Waals surface area contributed by atoms with Gasteiger partial charge in [0.1, 0.15) is 5.75 Å². The molecule has 0 radical (unpaired) electrons. The van der Waals surface area contributed by atoms with Crippen molar-refractivity contribution in [2.24, 2.45) is 0 Å². The lowest BCUT2D eigenvalue weighted by Gasteiger charge is -2.11. The smallest absolute Gasteiger partial charge is 0.357 e. The first-order valence-corrected chi connectivity index (χ1v) is 7.76. The van der Waals surface area contributed by atoms with Crippen LogP contribution in [-0.4, -0.2) is 31.2 Å². The van der Waals surface area contributed by atoms with Crippen molar-refractivity contribution < 1.29 is 27.6 Å². The van der Waals surface area contributed by atoms with Gasteiger partial charge in [0.05, 0.1) is 24.0 Å². The molecule has 0 saturated heterocycles. The van der Waals surface area contributed by atoms with E-state index in [4.69, 9.17) is 4.55 Å². The summed E-state index contributed by atoms with van der Waals surface area (Å²) >= 11 is 0. The molecule has 2 aromatic rings. The second kappa shape index (κ2) is 6.55. The topological polar surface area (TPSA) is 125 Å². The van der Waals surface area contributed by atoms with E-state index in [-0.39, 0.29) is 22.7 Å². The number of esters is 1. The van der Waals surface area contributed by atoms with Crippen molar-refractivity contribution in [3.8, 4) is 5.75 Å². The summed E-state index contributed by atoms with van der Waals surface area (Å²) in [7, 11) is -3.08. The van der Waals surface area contributed by atoms with E-state index in [1.54, 1.807) is 0 Å². The third-order valence-corrected chi connectivity index (χ3v) is 3.32. The Bertz CT molecular complexity index is 818. The Kier molecular flexibility index (Phi) is 4.72. The predicted octanol–water partition coefficient (Wildman–Crippen LogP) is 2.14. The number of anilines is 3. The van der Waals surface area contributed by atoms with E-state index in [1.807, 2.05) is 4.72 Å². The zero-order valence-electron chi connectivity index (χ0n) is 12.0. The number of nitrogens with one attached hydrogen (secondary N) is 2. The van der Waals surface area contributed by atoms with Crippen LogP contribution in [0.3, 0.4) is 0 Å². The Labute approximate surface area is 132 Å². The lowest BCUT2D eigenvalue weighted by atomic mass is 10.1. The molecule has 0 atom stereocenters. The minimum atomic E-state index is -4.34. The van der Waals surface area contributed by atoms with Crippen LogP contribution in [-0.2, 0) is 15.0 Å². The molecule has 0 aromatic heterocycles. The number of benzene rings is 2. The Morgan fingerprint density at radius 2 is 1.70 bits per heavy atom. The molecule has 0 aliphatic carbocycles. The van der Waals surface area contributed by atoms with E-state index in [1.165, 1.54) is 49.6 Å². The number of phenols is 1. The van der Waals surface area contributed by atoms with E-state index >= 15 is 0 Å². The van der Waals surface area contributed by atoms with Crippen LogP contribution in [0, 0.1) is 0 Å². The summed E-state index contributed by atoms with van der Waals surface area (Å²) in [5, 5.41) is 12.7. The summed E-state index contributed by atoms with van der Waals surface area (Å²) in [6.07, 6.45) is 0. The van der Waals surface area contributed by atoms with Crippen LogP contribution < -0.4 is 10.0 Å². The molecular formula is C14H14N2O6S. The molecular weight excluding hydrogens is 324 g/mol. The number of methoxy groups -OCH3 is 1. The molecule has 4 N–H and O–H groups in total. The van der Waals surface area contributed by atoms with Crippen LogP contribution >= 0.6 is 0 Å². The van der Waals surface area contributed by atoms with Crippen molar-refractivity contribution in [2.45, 2.75) is 0 Å². The number of rotatable bonds is 5. The zero-order chi connectivity index (χ0) is 17.0. The van der Waals surface area contributed by atoms with E-state index in [0.29, 0.717) is 5.69 Å². The Morgan fingerprint density at radius 3 is 2.26 bits per heavy atom. The van der Waals surface area contributed by atoms with Crippen molar-refractivity contribution >= 4 is 33.3 Å². The predicted molar refractivity (Wildman–Crippen MR) is 84.3 cm³/mol. The number of hydrogen-bond donors (Lipinski definition) is 4. The van der Waals surface area contributed by atoms with Gasteiger partial charge in [0.2, 0.25) is 0 Å². The standard InChI is InChI=1S/C14H14N2O6S/c1-22-14(18)9-2-7-13(17)12(8-9)15-10-3-5-11(6-4-10)16-23(19,20)21/h2-8,15-17H,1H3,(H,19,20,21). The fraction of sp³-hybridized carbons (Fsp3) is 0.0714. The molecule has 2 rings (SSSR count). The first-order chi connectivity index (χ1) is 10.8. The first-order valence-electron chi connectivity index (χ1n) is 6.32. The lowest BCUT2D eigenvalue weighted by Crippen LogP contribution is -2.10. The molecule has 0 fully saturated rings. The molecule has 8 nitrogen and oxygen atoms in total. The van der Waals surface area contributed by atoms with Gasteiger partial charge < -0.3 is 15.2 Å². The molecule has 0 heterocycles. The third kappa shape index (κ3) is 4.59. The first kappa shape index (κ1) is 16.6. The molecule has 0 saturated carbocycles. The second-order valence-corrected chi connectivity index (χ2v) is 5.66. The molecule has 122 valence electrons. The monoisotopic (exact) mass is 338 g/mol. The Balaban J connectivity index is 2.20. The van der Waals surface area contributed by atoms with Crippen LogP contribution in [0.25, 0.3) is 0 Å². The normalized spacial score (nSPS) is 10.9. The van der Waals surface area contributed by atoms with Gasteiger partial charge >= 0.3 is 16.3 Å². The van der Waals surface area contributed by atoms with Crippen molar-refractivity contribution in [3.63, 3.8) is 0 Å². The quantitative estimate of drug-likeness (QED) is 0.374. The average Bonchev–Trinajstić information content (AvgIpc) is 2.49. The van der Waals surface area contributed by atoms with Crippen LogP contribution in [0.4, 0.5) is 17.1 Å². The molecule has 0 aliphatic rings. The molecule has 0 aliphatic heterocycles. The SMILES string of the molecule is COC(=O)c1ccc(O)c(Nc2ccc(NS(=O)(=O)O)cc2)c1. The molecule has 23 heavy (non-hydrogen) atoms. The van der Waals surface area contributed by atoms with Gasteiger partial charge in [-0.2, -0.15) is 8.42 Å². The molecule has 9 heteroatoms. The molecule has 0 unspecified atom stereocenters. The highest BCUT2D eigenvalue weighted by molar-refractivity contribution is 7.87. The van der Waals surface area contributed by atoms with Crippen LogP contribution in [0.2, 0.25) is 0 Å². The lowest BCUT2D eigenvalue weighted by molar-refractivity contribution is 0.0600. The average molecular weight is 338 g/mol. The van der Waals surface area contributed by atoms with Gasteiger partial charge in [0.25, 0.3) is 0 Å². The van der Waals surface area contributed by atoms with Crippen molar-refractivity contribution in [1.29, 1.82) is 0 Å². The van der Waals surface area contributed by atoms with Crippen LogP contribution in [0.5, 0.6) is 5.75 Å². The highest BCUT2D eigenvalue weighted by atomic mass is 32.2. The maximum atomic E-state index is 11.5. The fourth-order valence-electron chi connectivity index (χ4n) is 1.81. The van der Waals surface area contributed by atoms with E-state index in [9.17, 15) is 18.3 Å². The van der Waals surface area contributed by atoms with E-state index in [0.717, 1.165) is 0 Å². The number of phenolic OH excluding ortho intramolecular Hbond substituents is 1. The van der Waals surface area contributed by atoms with Crippen LogP contribution in [0.15, 0.2) is 42.5 Å². The maximum Gasteiger partial charge on any atom is 0.357 e. The molecule has 0 spiro atoms. The number of carbonyl (C=O) groups excluding carboxylic acids is 1. The van der Waals surface area contributed by atoms with Gasteiger partial charge in [0, 0.05) is 5.69 Å². The van der Waals surface area contributed by atoms with E-state index < -0.39 is 16.3 Å². The van der Waals surface area contributed by atoms with Gasteiger partial charge in [-0.25, -0.2) is 4.79 Å². The number of ether oxygens (including phenoxy) is 1.